The highest BCUT2D eigenvalue weighted by Crippen LogP contribution is 2.40. The molecule has 6 aromatic rings. The Kier molecular flexibility index (Phi) is 17.1. The lowest BCUT2D eigenvalue weighted by molar-refractivity contribution is -0.140. The minimum Gasteiger partial charge on any atom is -0.488 e. The fourth-order valence-corrected chi connectivity index (χ4v) is 10.1. The smallest absolute Gasteiger partial charge is 0.329 e. The van der Waals surface area contributed by atoms with Crippen LogP contribution in [0.15, 0.2) is 108 Å². The number of carbonyl (C=O) groups is 2. The van der Waals surface area contributed by atoms with Crippen molar-refractivity contribution in [2.24, 2.45) is 9.98 Å². The van der Waals surface area contributed by atoms with E-state index in [1.165, 1.54) is 17.7 Å². The Morgan fingerprint density at radius 3 is 1.52 bits per heavy atom. The molecule has 8 heterocycles. The predicted molar refractivity (Wildman–Crippen MR) is 292 cm³/mol. The molecule has 6 aliphatic rings. The van der Waals surface area contributed by atoms with Gasteiger partial charge in [-0.1, -0.05) is 24.3 Å². The number of likely N-dealkylation sites (tertiary alicyclic amines) is 1. The number of rotatable bonds is 12. The van der Waals surface area contributed by atoms with E-state index in [9.17, 15) is 15.3 Å². The normalized spacial score (nSPS) is 18.1. The lowest BCUT2D eigenvalue weighted by Crippen LogP contribution is -2.36. The number of hydrogen-bond acceptors (Lipinski definition) is 19. The molecule has 4 N–H and O–H groups in total. The number of carbonyl (C=O) groups excluding carboxylic acids is 1. The zero-order valence-corrected chi connectivity index (χ0v) is 43.3. The lowest BCUT2D eigenvalue weighted by Gasteiger charge is -2.28. The number of carboxylic acids is 1. The average Bonchev–Trinajstić information content (AvgIpc) is 4.43. The molecule has 0 aliphatic carbocycles. The van der Waals surface area contributed by atoms with Gasteiger partial charge in [0.25, 0.3) is 0 Å². The van der Waals surface area contributed by atoms with Crippen molar-refractivity contribution < 1.29 is 43.9 Å². The summed E-state index contributed by atoms with van der Waals surface area (Å²) in [5.74, 6) is -0.437. The van der Waals surface area contributed by atoms with Gasteiger partial charge >= 0.3 is 5.97 Å². The number of nitrogens with zero attached hydrogens (tertiary/aromatic N) is 11. The van der Waals surface area contributed by atoms with Crippen LogP contribution >= 0.6 is 0 Å². The van der Waals surface area contributed by atoms with Gasteiger partial charge in [-0.25, -0.2) is 34.7 Å². The SMILES string of the molecule is N#Cc1cc(-c2ncnc3c2N=C(c2ccc(N4CCOCC4)cc2)C3)ccc1O[C@@H]1CCN(C(=O)CO)C1.N#Cc1cc(-c2ncnc3c2N=C(c2ccc(N4CCOCC4)cc2)C3)ccc1O[C@@H]1CCNC1.O=C(O)CO. The highest BCUT2D eigenvalue weighted by Gasteiger charge is 2.29. The number of anilines is 2. The second-order valence-electron chi connectivity index (χ2n) is 19.3. The number of aliphatic hydroxyl groups is 2. The van der Waals surface area contributed by atoms with Crippen LogP contribution in [0.2, 0.25) is 0 Å². The Morgan fingerprint density at radius 2 is 1.09 bits per heavy atom. The summed E-state index contributed by atoms with van der Waals surface area (Å²) in [6, 6.07) is 32.5. The molecule has 6 aliphatic heterocycles. The van der Waals surface area contributed by atoms with Crippen LogP contribution in [0.25, 0.3) is 22.5 Å². The first kappa shape index (κ1) is 53.7. The van der Waals surface area contributed by atoms with Gasteiger partial charge in [-0.05, 0) is 84.8 Å². The number of carboxylic acid groups (broad SMARTS) is 1. The number of aliphatic imine (C=N–C) groups is 2. The first-order valence-corrected chi connectivity index (χ1v) is 26.2. The van der Waals surface area contributed by atoms with E-state index < -0.39 is 19.2 Å². The Morgan fingerprint density at radius 1 is 0.620 bits per heavy atom. The molecule has 21 nitrogen and oxygen atoms in total. The first-order chi connectivity index (χ1) is 38.7. The number of aromatic nitrogens is 4. The number of benzene rings is 4. The van der Waals surface area contributed by atoms with Crippen molar-refractivity contribution in [2.75, 3.05) is 102 Å². The summed E-state index contributed by atoms with van der Waals surface area (Å²) in [6.45, 7) is 7.99. The molecule has 0 saturated carbocycles. The molecule has 79 heavy (non-hydrogen) atoms. The van der Waals surface area contributed by atoms with Crippen LogP contribution in [0.1, 0.15) is 46.5 Å². The molecular formula is C58H58N12O9. The molecule has 12 rings (SSSR count). The molecule has 2 aromatic heterocycles. The van der Waals surface area contributed by atoms with Crippen LogP contribution in [0.4, 0.5) is 22.7 Å². The summed E-state index contributed by atoms with van der Waals surface area (Å²) in [5, 5.41) is 47.0. The number of fused-ring (bicyclic) bond motifs is 2. The van der Waals surface area contributed by atoms with Crippen LogP contribution in [0.3, 0.4) is 0 Å². The molecule has 0 bridgehead atoms. The highest BCUT2D eigenvalue weighted by atomic mass is 16.5. The first-order valence-electron chi connectivity index (χ1n) is 26.2. The van der Waals surface area contributed by atoms with Crippen molar-refractivity contribution in [3.63, 3.8) is 0 Å². The second-order valence-corrected chi connectivity index (χ2v) is 19.3. The van der Waals surface area contributed by atoms with Gasteiger partial charge in [-0.15, -0.1) is 0 Å². The molecule has 4 saturated heterocycles. The fourth-order valence-electron chi connectivity index (χ4n) is 10.1. The third kappa shape index (κ3) is 12.7. The molecule has 404 valence electrons. The molecule has 21 heteroatoms. The molecule has 0 unspecified atom stereocenters. The number of hydrogen-bond donors (Lipinski definition) is 4. The largest absolute Gasteiger partial charge is 0.488 e. The Balaban J connectivity index is 0.000000165. The highest BCUT2D eigenvalue weighted by molar-refractivity contribution is 6.08. The van der Waals surface area contributed by atoms with E-state index in [-0.39, 0.29) is 18.1 Å². The van der Waals surface area contributed by atoms with Gasteiger partial charge in [-0.2, -0.15) is 10.5 Å². The number of ether oxygens (including phenoxy) is 4. The van der Waals surface area contributed by atoms with Crippen LogP contribution in [0.5, 0.6) is 11.5 Å². The number of nitrogens with one attached hydrogen (secondary N) is 1. The van der Waals surface area contributed by atoms with Crippen LogP contribution < -0.4 is 24.6 Å². The predicted octanol–water partition coefficient (Wildman–Crippen LogP) is 4.83. The van der Waals surface area contributed by atoms with Crippen LogP contribution in [-0.2, 0) is 31.9 Å². The summed E-state index contributed by atoms with van der Waals surface area (Å²) in [5.41, 5.74) is 13.5. The van der Waals surface area contributed by atoms with Crippen molar-refractivity contribution in [3.8, 4) is 46.2 Å². The number of morpholine rings is 2. The van der Waals surface area contributed by atoms with Gasteiger partial charge in [0.05, 0.1) is 78.3 Å². The quantitative estimate of drug-likeness (QED) is 0.128. The second kappa shape index (κ2) is 25.2. The van der Waals surface area contributed by atoms with E-state index >= 15 is 0 Å². The monoisotopic (exact) mass is 1070 g/mol. The fraction of sp³-hybridized carbons (Fsp3) is 0.345. The van der Waals surface area contributed by atoms with Gasteiger partial charge < -0.3 is 54.3 Å². The summed E-state index contributed by atoms with van der Waals surface area (Å²) in [6.07, 6.45) is 5.83. The Bertz CT molecular complexity index is 3320. The van der Waals surface area contributed by atoms with Gasteiger partial charge in [0.15, 0.2) is 0 Å². The molecular weight excluding hydrogens is 1010 g/mol. The van der Waals surface area contributed by atoms with Crippen molar-refractivity contribution in [3.05, 3.63) is 131 Å². The van der Waals surface area contributed by atoms with Gasteiger partial charge in [0.2, 0.25) is 5.91 Å². The summed E-state index contributed by atoms with van der Waals surface area (Å²) in [7, 11) is 0. The maximum atomic E-state index is 11.8. The van der Waals surface area contributed by atoms with Crippen molar-refractivity contribution in [1.29, 1.82) is 10.5 Å². The number of aliphatic carboxylic acids is 1. The molecule has 4 aromatic carbocycles. The third-order valence-corrected chi connectivity index (χ3v) is 14.2. The van der Waals surface area contributed by atoms with E-state index in [0.717, 1.165) is 134 Å². The minimum absolute atomic E-state index is 0.0954. The van der Waals surface area contributed by atoms with Crippen LogP contribution in [-0.4, -0.2) is 168 Å². The van der Waals surface area contributed by atoms with Crippen molar-refractivity contribution in [1.82, 2.24) is 30.2 Å². The molecule has 0 spiro atoms. The topological polar surface area (TPSA) is 277 Å². The summed E-state index contributed by atoms with van der Waals surface area (Å²) < 4.78 is 23.0. The van der Waals surface area contributed by atoms with Gasteiger partial charge in [0, 0.05) is 81.0 Å². The summed E-state index contributed by atoms with van der Waals surface area (Å²) >= 11 is 0. The zero-order valence-electron chi connectivity index (χ0n) is 43.3. The molecule has 2 atom stereocenters. The number of amides is 1. The Labute approximate surface area is 456 Å². The number of aliphatic hydroxyl groups excluding tert-OH is 2. The molecule has 0 radical (unpaired) electrons. The van der Waals surface area contributed by atoms with Crippen molar-refractivity contribution in [2.45, 2.75) is 37.9 Å². The Hall–Kier alpha value is -8.70. The zero-order chi connectivity index (χ0) is 54.7. The maximum absolute atomic E-state index is 11.8. The van der Waals surface area contributed by atoms with Crippen LogP contribution in [0, 0.1) is 22.7 Å². The minimum atomic E-state index is -1.19. The van der Waals surface area contributed by atoms with E-state index in [4.69, 9.17) is 49.0 Å². The third-order valence-electron chi connectivity index (χ3n) is 14.2. The molecule has 4 fully saturated rings. The van der Waals surface area contributed by atoms with Gasteiger partial charge in [0.1, 0.15) is 73.1 Å². The average molecular weight is 1070 g/mol. The standard InChI is InChI=1S/C29H28N6O4.C27H26N6O2.C2H4O3/c30-15-21-13-20(3-6-26(21)39-23-7-8-35(16-23)27(37)17-36)28-29-25(31-18-32-28)14-24(33-29)19-1-4-22(5-2-19)34-9-11-38-12-10-34;28-15-20-13-19(3-6-25(20)35-22-7-8-29-16-22)26-27-24(30-17-31-26)14-23(32-27)18-1-4-21(5-2-18)33-9-11-34-12-10-33;3-1-2(4)5/h1-6,13,18,23,36H,7-12,14,16-17H2;1-6,13,17,22,29H,7-12,14,16H2;3H,1H2,(H,4,5)/t23-;22-;/m11./s1. The summed E-state index contributed by atoms with van der Waals surface area (Å²) in [4.78, 5) is 55.0. The maximum Gasteiger partial charge on any atom is 0.329 e. The van der Waals surface area contributed by atoms with E-state index in [2.05, 4.69) is 95.7 Å². The number of nitriles is 2. The van der Waals surface area contributed by atoms with Gasteiger partial charge in [-0.3, -0.25) is 4.79 Å². The van der Waals surface area contributed by atoms with E-state index in [0.29, 0.717) is 60.7 Å². The van der Waals surface area contributed by atoms with Crippen molar-refractivity contribution >= 4 is 46.0 Å². The van der Waals surface area contributed by atoms with E-state index in [1.807, 2.05) is 24.3 Å². The van der Waals surface area contributed by atoms with E-state index in [1.54, 1.807) is 23.4 Å². The molecule has 1 amide bonds. The lowest BCUT2D eigenvalue weighted by atomic mass is 10.0.